The van der Waals surface area contributed by atoms with Gasteiger partial charge < -0.3 is 10.1 Å². The molecule has 0 saturated carbocycles. The van der Waals surface area contributed by atoms with Crippen LogP contribution in [0.3, 0.4) is 0 Å². The molecule has 2 rings (SSSR count). The summed E-state index contributed by atoms with van der Waals surface area (Å²) in [7, 11) is 1.48. The van der Waals surface area contributed by atoms with Gasteiger partial charge in [-0.05, 0) is 21.6 Å². The lowest BCUT2D eigenvalue weighted by molar-refractivity contribution is -0.391. The van der Waals surface area contributed by atoms with Gasteiger partial charge in [0.2, 0.25) is 5.82 Å². The van der Waals surface area contributed by atoms with E-state index in [4.69, 9.17) is 12.2 Å². The first-order chi connectivity index (χ1) is 9.45. The predicted molar refractivity (Wildman–Crippen MR) is 74.1 cm³/mol. The molecule has 0 saturated heterocycles. The molecule has 9 nitrogen and oxygen atoms in total. The Balaban J connectivity index is 2.44. The number of rotatable bonds is 5. The van der Waals surface area contributed by atoms with E-state index in [-0.39, 0.29) is 10.8 Å². The molecule has 0 aliphatic heterocycles. The molecule has 20 heavy (non-hydrogen) atoms. The number of thiazole rings is 1. The number of imidazole rings is 1. The molecule has 2 aromatic rings. The van der Waals surface area contributed by atoms with Crippen LogP contribution in [0.1, 0.15) is 16.7 Å². The van der Waals surface area contributed by atoms with Crippen molar-refractivity contribution < 1.29 is 9.85 Å². The van der Waals surface area contributed by atoms with Gasteiger partial charge in [0.15, 0.2) is 0 Å². The summed E-state index contributed by atoms with van der Waals surface area (Å²) in [5.74, 6) is -0.480. The number of hydrogen-bond donors (Lipinski definition) is 0. The van der Waals surface area contributed by atoms with Crippen LogP contribution in [0.15, 0.2) is 12.4 Å². The minimum atomic E-state index is -0.609. The second-order valence-corrected chi connectivity index (χ2v) is 5.01. The first-order valence-corrected chi connectivity index (χ1v) is 6.46. The van der Waals surface area contributed by atoms with E-state index in [1.165, 1.54) is 17.0 Å². The highest BCUT2D eigenvalue weighted by Crippen LogP contribution is 2.31. The maximum atomic E-state index is 10.8. The van der Waals surface area contributed by atoms with Crippen LogP contribution in [-0.4, -0.2) is 29.7 Å². The molecule has 0 spiro atoms. The number of aromatic nitrogens is 3. The first kappa shape index (κ1) is 14.1. The average Bonchev–Trinajstić information content (AvgIpc) is 2.99. The van der Waals surface area contributed by atoms with Gasteiger partial charge in [0, 0.05) is 0 Å². The third-order valence-electron chi connectivity index (χ3n) is 2.56. The highest BCUT2D eigenvalue weighted by molar-refractivity contribution is 7.79. The molecular weight excluding hydrogens is 306 g/mol. The Morgan fingerprint density at radius 1 is 1.35 bits per heavy atom. The number of thiocarbonyl (C=S) groups is 1. The monoisotopic (exact) mass is 313 g/mol. The highest BCUT2D eigenvalue weighted by atomic mass is 32.1. The third-order valence-corrected chi connectivity index (χ3v) is 3.86. The summed E-state index contributed by atoms with van der Waals surface area (Å²) in [5, 5.41) is 23.0. The van der Waals surface area contributed by atoms with Crippen LogP contribution >= 0.6 is 23.6 Å². The van der Waals surface area contributed by atoms with Gasteiger partial charge in [0.25, 0.3) is 0 Å². The molecular formula is C9H7N5O4S2. The summed E-state index contributed by atoms with van der Waals surface area (Å²) in [6, 6.07) is 0. The van der Waals surface area contributed by atoms with Crippen LogP contribution in [0.5, 0.6) is 0 Å². The summed E-state index contributed by atoms with van der Waals surface area (Å²) in [6.45, 7) is 0. The normalized spacial score (nSPS) is 12.1. The van der Waals surface area contributed by atoms with Crippen LogP contribution in [0.4, 0.5) is 10.8 Å². The Morgan fingerprint density at radius 3 is 2.50 bits per heavy atom. The molecule has 2 heterocycles. The number of nitro groups is 2. The Hall–Kier alpha value is -2.27. The van der Waals surface area contributed by atoms with Gasteiger partial charge in [-0.2, -0.15) is 0 Å². The van der Waals surface area contributed by atoms with Crippen LogP contribution < -0.4 is 0 Å². The second-order valence-electron chi connectivity index (χ2n) is 3.70. The molecule has 0 radical (unpaired) electrons. The molecule has 2 aromatic heterocycles. The van der Waals surface area contributed by atoms with Crippen molar-refractivity contribution >= 4 is 39.7 Å². The lowest BCUT2D eigenvalue weighted by Gasteiger charge is -2.04. The van der Waals surface area contributed by atoms with E-state index in [2.05, 4.69) is 9.97 Å². The van der Waals surface area contributed by atoms with Gasteiger partial charge in [-0.15, -0.1) is 0 Å². The molecule has 104 valence electrons. The van der Waals surface area contributed by atoms with E-state index in [1.807, 2.05) is 0 Å². The molecule has 0 aromatic carbocycles. The summed E-state index contributed by atoms with van der Waals surface area (Å²) in [4.78, 5) is 28.2. The molecule has 0 aliphatic rings. The van der Waals surface area contributed by atoms with Gasteiger partial charge in [-0.3, -0.25) is 10.1 Å². The van der Waals surface area contributed by atoms with Crippen LogP contribution in [0, 0.1) is 20.2 Å². The molecule has 1 atom stereocenters. The van der Waals surface area contributed by atoms with E-state index in [9.17, 15) is 20.2 Å². The van der Waals surface area contributed by atoms with E-state index < -0.39 is 15.8 Å². The Morgan fingerprint density at radius 2 is 2.05 bits per heavy atom. The van der Waals surface area contributed by atoms with Crippen molar-refractivity contribution in [1.29, 1.82) is 0 Å². The summed E-state index contributed by atoms with van der Waals surface area (Å²) in [5.41, 5.74) is 0. The SMILES string of the molecule is Cn1c([N+](=O)[O-])cnc1C(C=S)c1ncc([N+](=O)[O-])s1. The largest absolute Gasteiger partial charge is 0.358 e. The smallest absolute Gasteiger partial charge is 0.343 e. The lowest BCUT2D eigenvalue weighted by Crippen LogP contribution is -2.09. The van der Waals surface area contributed by atoms with E-state index in [0.29, 0.717) is 10.8 Å². The van der Waals surface area contributed by atoms with Gasteiger partial charge in [0.05, 0.1) is 12.0 Å². The fourth-order valence-corrected chi connectivity index (χ4v) is 2.75. The fourth-order valence-electron chi connectivity index (χ4n) is 1.61. The summed E-state index contributed by atoms with van der Waals surface area (Å²) >= 11 is 5.76. The van der Waals surface area contributed by atoms with Gasteiger partial charge in [-0.1, -0.05) is 12.2 Å². The quantitative estimate of drug-likeness (QED) is 0.469. The average molecular weight is 313 g/mol. The zero-order chi connectivity index (χ0) is 14.9. The van der Waals surface area contributed by atoms with Crippen LogP contribution in [-0.2, 0) is 7.05 Å². The maximum absolute atomic E-state index is 10.8. The zero-order valence-electron chi connectivity index (χ0n) is 9.99. The van der Waals surface area contributed by atoms with E-state index in [1.54, 1.807) is 0 Å². The second kappa shape index (κ2) is 5.38. The predicted octanol–water partition coefficient (Wildman–Crippen LogP) is 1.82. The number of hydrogen-bond acceptors (Lipinski definition) is 8. The molecule has 0 bridgehead atoms. The molecule has 0 amide bonds. The van der Waals surface area contributed by atoms with Gasteiger partial charge in [0.1, 0.15) is 23.3 Å². The van der Waals surface area contributed by atoms with Crippen molar-refractivity contribution in [1.82, 2.24) is 14.5 Å². The van der Waals surface area contributed by atoms with Crippen molar-refractivity contribution in [3.63, 3.8) is 0 Å². The van der Waals surface area contributed by atoms with Gasteiger partial charge in [-0.25, -0.2) is 14.5 Å². The minimum Gasteiger partial charge on any atom is -0.358 e. The van der Waals surface area contributed by atoms with Crippen molar-refractivity contribution in [2.24, 2.45) is 7.05 Å². The zero-order valence-corrected chi connectivity index (χ0v) is 11.6. The fraction of sp³-hybridized carbons (Fsp3) is 0.222. The Kier molecular flexibility index (Phi) is 3.81. The van der Waals surface area contributed by atoms with Crippen molar-refractivity contribution in [2.45, 2.75) is 5.92 Å². The van der Waals surface area contributed by atoms with Gasteiger partial charge >= 0.3 is 10.8 Å². The Labute approximate surface area is 121 Å². The van der Waals surface area contributed by atoms with E-state index in [0.717, 1.165) is 23.7 Å². The lowest BCUT2D eigenvalue weighted by atomic mass is 10.2. The molecule has 0 aliphatic carbocycles. The third kappa shape index (κ3) is 2.40. The summed E-state index contributed by atoms with van der Waals surface area (Å²) in [6.07, 6.45) is 2.24. The van der Waals surface area contributed by atoms with Crippen LogP contribution in [0.2, 0.25) is 0 Å². The number of nitrogens with zero attached hydrogens (tertiary/aromatic N) is 5. The summed E-state index contributed by atoms with van der Waals surface area (Å²) < 4.78 is 1.28. The standard InChI is InChI=1S/C9H7N5O4S2/c1-12-6(13(15)16)2-10-8(12)5(4-19)9-11-3-7(20-9)14(17)18/h2-5H,1H3. The topological polar surface area (TPSA) is 117 Å². The molecule has 1 unspecified atom stereocenters. The highest BCUT2D eigenvalue weighted by Gasteiger charge is 2.28. The van der Waals surface area contributed by atoms with Crippen molar-refractivity contribution in [3.8, 4) is 0 Å². The minimum absolute atomic E-state index is 0.120. The maximum Gasteiger partial charge on any atom is 0.343 e. The van der Waals surface area contributed by atoms with Crippen LogP contribution in [0.25, 0.3) is 0 Å². The first-order valence-electron chi connectivity index (χ1n) is 5.17. The Bertz CT molecular complexity index is 694. The molecule has 0 fully saturated rings. The van der Waals surface area contributed by atoms with Crippen molar-refractivity contribution in [3.05, 3.63) is 43.5 Å². The van der Waals surface area contributed by atoms with E-state index >= 15 is 0 Å². The molecule has 11 heteroatoms. The molecule has 0 N–H and O–H groups in total. The van der Waals surface area contributed by atoms with Crippen molar-refractivity contribution in [2.75, 3.05) is 0 Å².